The largest absolute Gasteiger partial charge is 0.464 e. The lowest BCUT2D eigenvalue weighted by molar-refractivity contribution is -0.138. The summed E-state index contributed by atoms with van der Waals surface area (Å²) < 4.78 is 32.2. The van der Waals surface area contributed by atoms with Crippen molar-refractivity contribution in [2.24, 2.45) is 5.92 Å². The maximum Gasteiger partial charge on any atom is 0.360 e. The number of piperidine rings is 2. The van der Waals surface area contributed by atoms with E-state index in [1.54, 1.807) is 10.9 Å². The predicted octanol–water partition coefficient (Wildman–Crippen LogP) is 0.680. The van der Waals surface area contributed by atoms with Gasteiger partial charge in [-0.15, -0.1) is 5.10 Å². The Kier molecular flexibility index (Phi) is 6.89. The number of ether oxygens (including phenoxy) is 1. The lowest BCUT2D eigenvalue weighted by Gasteiger charge is -2.37. The summed E-state index contributed by atoms with van der Waals surface area (Å²) in [5, 5.41) is 7.86. The van der Waals surface area contributed by atoms with Crippen LogP contribution in [0, 0.1) is 5.92 Å². The standard InChI is InChI=1S/C18H29N5O5S/c1-3-11-29(26,27)22-9-6-14(7-10-22)17(24)21-8-4-5-15(12-21)23-13-16(19-20-23)18(25)28-2/h13-15H,3-12H2,1-2H3/t15-/m1/s1. The first kappa shape index (κ1) is 21.7. The Morgan fingerprint density at radius 2 is 1.93 bits per heavy atom. The molecular formula is C18H29N5O5S. The highest BCUT2D eigenvalue weighted by molar-refractivity contribution is 7.89. The van der Waals surface area contributed by atoms with E-state index in [4.69, 9.17) is 0 Å². The highest BCUT2D eigenvalue weighted by atomic mass is 32.2. The smallest absolute Gasteiger partial charge is 0.360 e. The molecule has 2 aliphatic rings. The van der Waals surface area contributed by atoms with Gasteiger partial charge in [0.25, 0.3) is 0 Å². The van der Waals surface area contributed by atoms with Gasteiger partial charge in [0.15, 0.2) is 5.69 Å². The first-order valence-electron chi connectivity index (χ1n) is 10.1. The molecule has 2 fully saturated rings. The molecule has 3 heterocycles. The molecule has 2 aliphatic heterocycles. The summed E-state index contributed by atoms with van der Waals surface area (Å²) in [6.45, 7) is 3.85. The molecule has 0 unspecified atom stereocenters. The fourth-order valence-electron chi connectivity index (χ4n) is 4.05. The lowest BCUT2D eigenvalue weighted by Crippen LogP contribution is -2.47. The Morgan fingerprint density at radius 3 is 2.59 bits per heavy atom. The number of amides is 1. The number of sulfonamides is 1. The molecule has 11 heteroatoms. The van der Waals surface area contributed by atoms with Crippen molar-refractivity contribution in [3.05, 3.63) is 11.9 Å². The van der Waals surface area contributed by atoms with Crippen LogP contribution in [0.15, 0.2) is 6.20 Å². The van der Waals surface area contributed by atoms with E-state index >= 15 is 0 Å². The molecule has 3 rings (SSSR count). The number of carbonyl (C=O) groups is 2. The first-order chi connectivity index (χ1) is 13.9. The summed E-state index contributed by atoms with van der Waals surface area (Å²) in [6.07, 6.45) is 4.95. The van der Waals surface area contributed by atoms with Crippen LogP contribution in [0.4, 0.5) is 0 Å². The molecule has 0 spiro atoms. The summed E-state index contributed by atoms with van der Waals surface area (Å²) in [4.78, 5) is 26.4. The van der Waals surface area contributed by atoms with Crippen LogP contribution in [0.2, 0.25) is 0 Å². The number of likely N-dealkylation sites (tertiary alicyclic amines) is 1. The molecule has 1 amide bonds. The zero-order valence-corrected chi connectivity index (χ0v) is 17.8. The van der Waals surface area contributed by atoms with Crippen LogP contribution in [-0.4, -0.2) is 83.5 Å². The molecule has 29 heavy (non-hydrogen) atoms. The average Bonchev–Trinajstić information content (AvgIpc) is 3.23. The van der Waals surface area contributed by atoms with Crippen molar-refractivity contribution in [1.82, 2.24) is 24.2 Å². The molecule has 0 saturated carbocycles. The molecule has 162 valence electrons. The summed E-state index contributed by atoms with van der Waals surface area (Å²) in [5.74, 6) is -0.450. The third-order valence-electron chi connectivity index (χ3n) is 5.65. The van der Waals surface area contributed by atoms with Gasteiger partial charge in [-0.05, 0) is 32.1 Å². The van der Waals surface area contributed by atoms with E-state index in [1.165, 1.54) is 11.4 Å². The van der Waals surface area contributed by atoms with Gasteiger partial charge in [0, 0.05) is 32.1 Å². The second kappa shape index (κ2) is 9.21. The van der Waals surface area contributed by atoms with E-state index in [1.807, 2.05) is 11.8 Å². The normalized spacial score (nSPS) is 21.9. The molecule has 1 aromatic rings. The fraction of sp³-hybridized carbons (Fsp3) is 0.778. The Morgan fingerprint density at radius 1 is 1.21 bits per heavy atom. The molecular weight excluding hydrogens is 398 g/mol. The number of nitrogens with zero attached hydrogens (tertiary/aromatic N) is 5. The number of methoxy groups -OCH3 is 1. The summed E-state index contributed by atoms with van der Waals surface area (Å²) in [6, 6.07) is -0.0383. The second-order valence-corrected chi connectivity index (χ2v) is 9.73. The van der Waals surface area contributed by atoms with Crippen molar-refractivity contribution in [2.75, 3.05) is 39.0 Å². The van der Waals surface area contributed by atoms with Gasteiger partial charge < -0.3 is 9.64 Å². The Balaban J connectivity index is 1.58. The molecule has 1 aromatic heterocycles. The van der Waals surface area contributed by atoms with Gasteiger partial charge in [-0.2, -0.15) is 0 Å². The van der Waals surface area contributed by atoms with Crippen LogP contribution in [-0.2, 0) is 19.6 Å². The third-order valence-corrected chi connectivity index (χ3v) is 7.72. The van der Waals surface area contributed by atoms with E-state index in [-0.39, 0.29) is 29.3 Å². The molecule has 1 atom stereocenters. The van der Waals surface area contributed by atoms with E-state index < -0.39 is 16.0 Å². The van der Waals surface area contributed by atoms with Crippen molar-refractivity contribution in [1.29, 1.82) is 0 Å². The minimum Gasteiger partial charge on any atom is -0.464 e. The fourth-order valence-corrected chi connectivity index (χ4v) is 5.59. The van der Waals surface area contributed by atoms with Crippen LogP contribution in [0.5, 0.6) is 0 Å². The summed E-state index contributed by atoms with van der Waals surface area (Å²) >= 11 is 0. The molecule has 0 aromatic carbocycles. The maximum atomic E-state index is 13.0. The third kappa shape index (κ3) is 4.95. The van der Waals surface area contributed by atoms with Crippen molar-refractivity contribution in [3.8, 4) is 0 Å². The number of aromatic nitrogens is 3. The predicted molar refractivity (Wildman–Crippen MR) is 105 cm³/mol. The van der Waals surface area contributed by atoms with E-state index in [0.717, 1.165) is 12.8 Å². The van der Waals surface area contributed by atoms with Crippen LogP contribution in [0.3, 0.4) is 0 Å². The first-order valence-corrected chi connectivity index (χ1v) is 11.7. The highest BCUT2D eigenvalue weighted by Crippen LogP contribution is 2.26. The number of rotatable bonds is 6. The molecule has 10 nitrogen and oxygen atoms in total. The summed E-state index contributed by atoms with van der Waals surface area (Å²) in [7, 11) is -1.91. The van der Waals surface area contributed by atoms with Gasteiger partial charge in [0.05, 0.1) is 25.1 Å². The Hall–Kier alpha value is -2.01. The van der Waals surface area contributed by atoms with E-state index in [0.29, 0.717) is 45.4 Å². The van der Waals surface area contributed by atoms with Gasteiger partial charge in [0.1, 0.15) is 0 Å². The van der Waals surface area contributed by atoms with E-state index in [2.05, 4.69) is 15.0 Å². The topological polar surface area (TPSA) is 115 Å². The van der Waals surface area contributed by atoms with Crippen molar-refractivity contribution < 1.29 is 22.7 Å². The SMILES string of the molecule is CCCS(=O)(=O)N1CCC(C(=O)N2CCC[C@@H](n3cc(C(=O)OC)nn3)C2)CC1. The minimum absolute atomic E-state index is 0.0383. The molecule has 0 radical (unpaired) electrons. The number of esters is 1. The van der Waals surface area contributed by atoms with Gasteiger partial charge in [-0.3, -0.25) is 4.79 Å². The van der Waals surface area contributed by atoms with Gasteiger partial charge in [-0.25, -0.2) is 22.2 Å². The second-order valence-electron chi connectivity index (χ2n) is 7.65. The Bertz CT molecular complexity index is 831. The van der Waals surface area contributed by atoms with Crippen LogP contribution in [0.1, 0.15) is 55.6 Å². The van der Waals surface area contributed by atoms with Crippen LogP contribution >= 0.6 is 0 Å². The zero-order chi connectivity index (χ0) is 21.0. The minimum atomic E-state index is -3.21. The van der Waals surface area contributed by atoms with Crippen molar-refractivity contribution in [3.63, 3.8) is 0 Å². The monoisotopic (exact) mass is 427 g/mol. The number of hydrogen-bond acceptors (Lipinski definition) is 7. The van der Waals surface area contributed by atoms with Crippen LogP contribution in [0.25, 0.3) is 0 Å². The maximum absolute atomic E-state index is 13.0. The molecule has 0 N–H and O–H groups in total. The lowest BCUT2D eigenvalue weighted by atomic mass is 9.95. The van der Waals surface area contributed by atoms with Gasteiger partial charge in [0.2, 0.25) is 15.9 Å². The van der Waals surface area contributed by atoms with Gasteiger partial charge in [-0.1, -0.05) is 12.1 Å². The summed E-state index contributed by atoms with van der Waals surface area (Å²) in [5.41, 5.74) is 0.150. The highest BCUT2D eigenvalue weighted by Gasteiger charge is 2.34. The van der Waals surface area contributed by atoms with Crippen molar-refractivity contribution >= 4 is 21.9 Å². The number of hydrogen-bond donors (Lipinski definition) is 0. The van der Waals surface area contributed by atoms with Crippen molar-refractivity contribution in [2.45, 2.75) is 45.1 Å². The Labute approximate surface area is 171 Å². The average molecular weight is 428 g/mol. The van der Waals surface area contributed by atoms with Crippen LogP contribution < -0.4 is 0 Å². The zero-order valence-electron chi connectivity index (χ0n) is 17.0. The molecule has 0 bridgehead atoms. The molecule has 0 aliphatic carbocycles. The number of carbonyl (C=O) groups excluding carboxylic acids is 2. The molecule has 2 saturated heterocycles. The quantitative estimate of drug-likeness (QED) is 0.613. The van der Waals surface area contributed by atoms with Gasteiger partial charge >= 0.3 is 5.97 Å². The van der Waals surface area contributed by atoms with E-state index in [9.17, 15) is 18.0 Å².